The molecule has 0 spiro atoms. The zero-order chi connectivity index (χ0) is 18.7. The molecule has 1 unspecified atom stereocenters. The molecule has 1 aromatic heterocycles. The normalized spacial score (nSPS) is 18.2. The van der Waals surface area contributed by atoms with Crippen LogP contribution in [0, 0.1) is 0 Å². The number of nitrogens with zero attached hydrogens (tertiary/aromatic N) is 1. The molecule has 0 bridgehead atoms. The quantitative estimate of drug-likeness (QED) is 0.792. The first-order valence-corrected chi connectivity index (χ1v) is 9.77. The fraction of sp³-hybridized carbons (Fsp3) is 0.625. The van der Waals surface area contributed by atoms with Gasteiger partial charge < -0.3 is 9.47 Å². The maximum atomic E-state index is 11.9. The fourth-order valence-corrected chi connectivity index (χ4v) is 2.75. The van der Waals surface area contributed by atoms with Gasteiger partial charge in [0.25, 0.3) is 10.1 Å². The minimum Gasteiger partial charge on any atom is -0.444 e. The van der Waals surface area contributed by atoms with E-state index in [1.807, 2.05) is 0 Å². The maximum Gasteiger partial charge on any atom is 0.413 e. The summed E-state index contributed by atoms with van der Waals surface area (Å²) in [5.74, 6) is 0.394. The Morgan fingerprint density at radius 1 is 1.40 bits per heavy atom. The molecular weight excluding hydrogens is 348 g/mol. The summed E-state index contributed by atoms with van der Waals surface area (Å²) < 4.78 is 38.0. The van der Waals surface area contributed by atoms with Crippen molar-refractivity contribution in [1.29, 1.82) is 0 Å². The lowest BCUT2D eigenvalue weighted by molar-refractivity contribution is 0.0635. The number of amides is 1. The lowest BCUT2D eigenvalue weighted by Crippen LogP contribution is -2.27. The van der Waals surface area contributed by atoms with Gasteiger partial charge in [0.2, 0.25) is 0 Å². The van der Waals surface area contributed by atoms with Crippen molar-refractivity contribution < 1.29 is 26.9 Å². The Hall–Kier alpha value is -1.71. The first-order valence-electron chi connectivity index (χ1n) is 7.95. The Kier molecular flexibility index (Phi) is 6.02. The van der Waals surface area contributed by atoms with E-state index in [0.717, 1.165) is 18.2 Å². The topological polar surface area (TPSA) is 104 Å². The van der Waals surface area contributed by atoms with Gasteiger partial charge in [-0.05, 0) is 38.8 Å². The summed E-state index contributed by atoms with van der Waals surface area (Å²) in [6, 6.07) is 3.46. The van der Waals surface area contributed by atoms with E-state index in [1.54, 1.807) is 32.9 Å². The number of nitrogens with one attached hydrogen (secondary N) is 1. The summed E-state index contributed by atoms with van der Waals surface area (Å²) in [5.41, 5.74) is 0.679. The van der Waals surface area contributed by atoms with E-state index in [-0.39, 0.29) is 18.3 Å². The minimum absolute atomic E-state index is 0.126. The highest BCUT2D eigenvalue weighted by Crippen LogP contribution is 2.29. The van der Waals surface area contributed by atoms with Crippen molar-refractivity contribution in [2.24, 2.45) is 0 Å². The molecule has 1 aliphatic heterocycles. The van der Waals surface area contributed by atoms with Crippen LogP contribution in [-0.2, 0) is 30.4 Å². The summed E-state index contributed by atoms with van der Waals surface area (Å²) >= 11 is 0. The number of carbonyl (C=O) groups is 1. The fourth-order valence-electron chi connectivity index (χ4n) is 2.42. The molecule has 1 aliphatic rings. The SMILES string of the molecule is CC(C)(C)OC(=O)Nc1ccc(C2CCOC2)c(COS(C)(=O)=O)n1. The predicted octanol–water partition coefficient (Wildman–Crippen LogP) is 2.41. The van der Waals surface area contributed by atoms with E-state index in [2.05, 4.69) is 10.3 Å². The second-order valence-corrected chi connectivity index (χ2v) is 8.53. The molecule has 25 heavy (non-hydrogen) atoms. The van der Waals surface area contributed by atoms with Crippen molar-refractivity contribution in [2.75, 3.05) is 24.8 Å². The molecule has 8 nitrogen and oxygen atoms in total. The van der Waals surface area contributed by atoms with Crippen LogP contribution in [0.2, 0.25) is 0 Å². The average Bonchev–Trinajstić information content (AvgIpc) is 2.96. The van der Waals surface area contributed by atoms with Gasteiger partial charge in [-0.1, -0.05) is 6.07 Å². The second kappa shape index (κ2) is 7.67. The van der Waals surface area contributed by atoms with Crippen LogP contribution in [0.3, 0.4) is 0 Å². The van der Waals surface area contributed by atoms with Gasteiger partial charge in [0.1, 0.15) is 18.0 Å². The highest BCUT2D eigenvalue weighted by molar-refractivity contribution is 7.85. The number of aromatic nitrogens is 1. The van der Waals surface area contributed by atoms with Gasteiger partial charge in [0.15, 0.2) is 0 Å². The van der Waals surface area contributed by atoms with Gasteiger partial charge in [-0.15, -0.1) is 0 Å². The molecule has 1 aromatic rings. The lowest BCUT2D eigenvalue weighted by atomic mass is 9.97. The molecule has 0 aromatic carbocycles. The van der Waals surface area contributed by atoms with Crippen LogP contribution < -0.4 is 5.32 Å². The van der Waals surface area contributed by atoms with Crippen LogP contribution in [0.15, 0.2) is 12.1 Å². The van der Waals surface area contributed by atoms with E-state index in [9.17, 15) is 13.2 Å². The number of ether oxygens (including phenoxy) is 2. The highest BCUT2D eigenvalue weighted by Gasteiger charge is 2.23. The molecular formula is C16H24N2O6S. The van der Waals surface area contributed by atoms with Crippen LogP contribution in [0.4, 0.5) is 10.6 Å². The van der Waals surface area contributed by atoms with E-state index in [4.69, 9.17) is 13.7 Å². The van der Waals surface area contributed by atoms with Crippen LogP contribution >= 0.6 is 0 Å². The average molecular weight is 372 g/mol. The lowest BCUT2D eigenvalue weighted by Gasteiger charge is -2.20. The van der Waals surface area contributed by atoms with Gasteiger partial charge in [-0.25, -0.2) is 9.78 Å². The Morgan fingerprint density at radius 3 is 2.68 bits per heavy atom. The number of carbonyl (C=O) groups excluding carboxylic acids is 1. The van der Waals surface area contributed by atoms with Crippen molar-refractivity contribution in [3.05, 3.63) is 23.4 Å². The Morgan fingerprint density at radius 2 is 2.12 bits per heavy atom. The largest absolute Gasteiger partial charge is 0.444 e. The summed E-state index contributed by atoms with van der Waals surface area (Å²) in [6.45, 7) is 6.27. The molecule has 0 aliphatic carbocycles. The van der Waals surface area contributed by atoms with Crippen LogP contribution in [0.25, 0.3) is 0 Å². The monoisotopic (exact) mass is 372 g/mol. The van der Waals surface area contributed by atoms with Gasteiger partial charge in [0, 0.05) is 12.5 Å². The molecule has 1 fully saturated rings. The van der Waals surface area contributed by atoms with Crippen molar-refractivity contribution in [3.8, 4) is 0 Å². The standard InChI is InChI=1S/C16H24N2O6S/c1-16(2,3)24-15(19)18-14-6-5-12(11-7-8-22-9-11)13(17-14)10-23-25(4,20)21/h5-6,11H,7-10H2,1-4H3,(H,17,18,19). The molecule has 140 valence electrons. The van der Waals surface area contributed by atoms with Crippen LogP contribution in [0.5, 0.6) is 0 Å². The Bertz CT molecular complexity index is 721. The summed E-state index contributed by atoms with van der Waals surface area (Å²) in [5, 5.41) is 2.55. The molecule has 0 radical (unpaired) electrons. The summed E-state index contributed by atoms with van der Waals surface area (Å²) in [4.78, 5) is 16.2. The summed E-state index contributed by atoms with van der Waals surface area (Å²) in [7, 11) is -3.61. The third-order valence-electron chi connectivity index (χ3n) is 3.42. The third-order valence-corrected chi connectivity index (χ3v) is 3.96. The second-order valence-electron chi connectivity index (χ2n) is 6.89. The van der Waals surface area contributed by atoms with Gasteiger partial charge in [0.05, 0.1) is 18.6 Å². The molecule has 9 heteroatoms. The molecule has 2 heterocycles. The summed E-state index contributed by atoms with van der Waals surface area (Å²) in [6.07, 6.45) is 1.17. The van der Waals surface area contributed by atoms with E-state index in [1.165, 1.54) is 0 Å². The van der Waals surface area contributed by atoms with Crippen LogP contribution in [-0.4, -0.2) is 44.6 Å². The number of rotatable bonds is 5. The van der Waals surface area contributed by atoms with E-state index >= 15 is 0 Å². The zero-order valence-electron chi connectivity index (χ0n) is 14.9. The zero-order valence-corrected chi connectivity index (χ0v) is 15.7. The predicted molar refractivity (Wildman–Crippen MR) is 91.9 cm³/mol. The molecule has 1 amide bonds. The van der Waals surface area contributed by atoms with Gasteiger partial charge in [-0.2, -0.15) is 8.42 Å². The Balaban J connectivity index is 2.20. The van der Waals surface area contributed by atoms with E-state index < -0.39 is 21.8 Å². The van der Waals surface area contributed by atoms with Crippen molar-refractivity contribution in [3.63, 3.8) is 0 Å². The van der Waals surface area contributed by atoms with Crippen molar-refractivity contribution >= 4 is 22.0 Å². The van der Waals surface area contributed by atoms with Crippen LogP contribution in [0.1, 0.15) is 44.4 Å². The number of hydrogen-bond donors (Lipinski definition) is 1. The molecule has 1 N–H and O–H groups in total. The smallest absolute Gasteiger partial charge is 0.413 e. The number of anilines is 1. The number of hydrogen-bond acceptors (Lipinski definition) is 7. The maximum absolute atomic E-state index is 11.9. The molecule has 0 saturated carbocycles. The minimum atomic E-state index is -3.61. The van der Waals surface area contributed by atoms with Gasteiger partial charge in [-0.3, -0.25) is 9.50 Å². The molecule has 2 rings (SSSR count). The van der Waals surface area contributed by atoms with Crippen molar-refractivity contribution in [2.45, 2.75) is 45.3 Å². The molecule has 1 atom stereocenters. The first-order chi connectivity index (χ1) is 11.5. The molecule has 1 saturated heterocycles. The highest BCUT2D eigenvalue weighted by atomic mass is 32.2. The number of pyridine rings is 1. The first kappa shape index (κ1) is 19.6. The van der Waals surface area contributed by atoms with E-state index in [0.29, 0.717) is 18.9 Å². The third kappa shape index (κ3) is 6.60. The van der Waals surface area contributed by atoms with Gasteiger partial charge >= 0.3 is 6.09 Å². The van der Waals surface area contributed by atoms with Crippen molar-refractivity contribution in [1.82, 2.24) is 4.98 Å². The Labute approximate surface area is 148 Å².